The lowest BCUT2D eigenvalue weighted by molar-refractivity contribution is 0.250. The number of nitrogens with one attached hydrogen (secondary N) is 2. The van der Waals surface area contributed by atoms with Gasteiger partial charge in [-0.05, 0) is 63.7 Å². The zero-order valence-corrected chi connectivity index (χ0v) is 18.1. The summed E-state index contributed by atoms with van der Waals surface area (Å²) in [4.78, 5) is 11.9. The van der Waals surface area contributed by atoms with Gasteiger partial charge in [-0.3, -0.25) is 0 Å². The highest BCUT2D eigenvalue weighted by atomic mass is 79.9. The normalized spacial score (nSPS) is 11.1. The van der Waals surface area contributed by atoms with E-state index in [1.807, 2.05) is 6.07 Å². The summed E-state index contributed by atoms with van der Waals surface area (Å²) in [5.74, 6) is 0.795. The number of carbonyl (C=O) groups is 1. The minimum Gasteiger partial charge on any atom is -0.492 e. The third kappa shape index (κ3) is 6.63. The van der Waals surface area contributed by atoms with Crippen molar-refractivity contribution in [3.63, 3.8) is 0 Å². The number of carbonyl (C=O) groups excluding carboxylic acids is 1. The van der Waals surface area contributed by atoms with Crippen LogP contribution >= 0.6 is 27.5 Å². The molecule has 0 radical (unpaired) electrons. The van der Waals surface area contributed by atoms with Crippen molar-refractivity contribution in [1.29, 1.82) is 0 Å². The zero-order chi connectivity index (χ0) is 20.0. The second-order valence-corrected chi connectivity index (χ2v) is 8.48. The van der Waals surface area contributed by atoms with Gasteiger partial charge in [0.1, 0.15) is 5.75 Å². The van der Waals surface area contributed by atoms with Crippen molar-refractivity contribution in [1.82, 2.24) is 5.32 Å². The molecule has 2 amide bonds. The Labute approximate surface area is 173 Å². The van der Waals surface area contributed by atoms with Crippen LogP contribution in [0.4, 0.5) is 16.2 Å². The monoisotopic (exact) mass is 453 g/mol. The molecule has 5 nitrogen and oxygen atoms in total. The Morgan fingerprint density at radius 3 is 2.59 bits per heavy atom. The van der Waals surface area contributed by atoms with Gasteiger partial charge in [-0.2, -0.15) is 0 Å². The predicted molar refractivity (Wildman–Crippen MR) is 116 cm³/mol. The van der Waals surface area contributed by atoms with Gasteiger partial charge >= 0.3 is 6.03 Å². The van der Waals surface area contributed by atoms with Crippen molar-refractivity contribution < 1.29 is 9.53 Å². The smallest absolute Gasteiger partial charge is 0.319 e. The first-order chi connectivity index (χ1) is 12.7. The number of urea groups is 1. The summed E-state index contributed by atoms with van der Waals surface area (Å²) in [5, 5.41) is 5.90. The van der Waals surface area contributed by atoms with E-state index in [1.165, 1.54) is 5.56 Å². The SMILES string of the molecule is CC(C)(C)c1ccc(OCCCNC(=O)Nc2ccc(N)c(Cl)c2)c(Br)c1. The molecule has 0 saturated heterocycles. The van der Waals surface area contributed by atoms with Crippen LogP contribution in [0, 0.1) is 0 Å². The van der Waals surface area contributed by atoms with E-state index in [9.17, 15) is 4.79 Å². The van der Waals surface area contributed by atoms with E-state index in [1.54, 1.807) is 18.2 Å². The second-order valence-electron chi connectivity index (χ2n) is 7.21. The summed E-state index contributed by atoms with van der Waals surface area (Å²) in [7, 11) is 0. The molecule has 0 atom stereocenters. The fourth-order valence-electron chi connectivity index (χ4n) is 2.32. The molecule has 0 aromatic heterocycles. The molecule has 0 aliphatic rings. The van der Waals surface area contributed by atoms with Crippen molar-refractivity contribution >= 4 is 44.9 Å². The molecule has 0 fully saturated rings. The van der Waals surface area contributed by atoms with Gasteiger partial charge in [0.25, 0.3) is 0 Å². The summed E-state index contributed by atoms with van der Waals surface area (Å²) in [6.45, 7) is 7.51. The summed E-state index contributed by atoms with van der Waals surface area (Å²) < 4.78 is 6.71. The van der Waals surface area contributed by atoms with E-state index < -0.39 is 0 Å². The van der Waals surface area contributed by atoms with Crippen LogP contribution in [0.1, 0.15) is 32.8 Å². The number of rotatable bonds is 6. The molecule has 7 heteroatoms. The van der Waals surface area contributed by atoms with Crippen molar-refractivity contribution in [2.24, 2.45) is 0 Å². The molecular weight excluding hydrogens is 430 g/mol. The van der Waals surface area contributed by atoms with Gasteiger partial charge in [0.2, 0.25) is 0 Å². The molecule has 0 bridgehead atoms. The minimum atomic E-state index is -0.299. The third-order valence-electron chi connectivity index (χ3n) is 3.92. The first-order valence-corrected chi connectivity index (χ1v) is 9.86. The molecule has 0 spiro atoms. The van der Waals surface area contributed by atoms with Gasteiger partial charge in [-0.1, -0.05) is 38.4 Å². The Hall–Kier alpha value is -1.92. The fraction of sp³-hybridized carbons (Fsp3) is 0.350. The Kier molecular flexibility index (Phi) is 7.39. The molecule has 27 heavy (non-hydrogen) atoms. The maximum absolute atomic E-state index is 11.9. The maximum atomic E-state index is 11.9. The molecule has 0 aliphatic carbocycles. The van der Waals surface area contributed by atoms with Crippen LogP contribution < -0.4 is 21.1 Å². The number of hydrogen-bond acceptors (Lipinski definition) is 3. The lowest BCUT2D eigenvalue weighted by Gasteiger charge is -2.20. The molecule has 2 rings (SSSR count). The largest absolute Gasteiger partial charge is 0.492 e. The molecule has 0 saturated carbocycles. The average Bonchev–Trinajstić information content (AvgIpc) is 2.58. The van der Waals surface area contributed by atoms with Crippen LogP contribution in [0.2, 0.25) is 5.02 Å². The first-order valence-electron chi connectivity index (χ1n) is 8.69. The van der Waals surface area contributed by atoms with Gasteiger partial charge in [0.15, 0.2) is 0 Å². The predicted octanol–water partition coefficient (Wildman–Crippen LogP) is 5.57. The van der Waals surface area contributed by atoms with Crippen molar-refractivity contribution in [3.05, 3.63) is 51.5 Å². The van der Waals surface area contributed by atoms with Gasteiger partial charge < -0.3 is 21.1 Å². The second kappa shape index (κ2) is 9.33. The minimum absolute atomic E-state index is 0.0903. The van der Waals surface area contributed by atoms with Gasteiger partial charge in [-0.15, -0.1) is 0 Å². The van der Waals surface area contributed by atoms with E-state index in [-0.39, 0.29) is 11.4 Å². The van der Waals surface area contributed by atoms with Gasteiger partial charge in [-0.25, -0.2) is 4.79 Å². The Balaban J connectivity index is 1.72. The van der Waals surface area contributed by atoms with Crippen LogP contribution in [0.25, 0.3) is 0 Å². The van der Waals surface area contributed by atoms with E-state index in [0.29, 0.717) is 36.0 Å². The fourth-order valence-corrected chi connectivity index (χ4v) is 2.99. The molecule has 146 valence electrons. The molecule has 2 aromatic carbocycles. The number of nitrogens with two attached hydrogens (primary N) is 1. The maximum Gasteiger partial charge on any atom is 0.319 e. The van der Waals surface area contributed by atoms with Crippen LogP contribution in [-0.4, -0.2) is 19.2 Å². The van der Waals surface area contributed by atoms with Gasteiger partial charge in [0, 0.05) is 12.2 Å². The Morgan fingerprint density at radius 2 is 1.96 bits per heavy atom. The number of nitrogen functional groups attached to an aromatic ring is 1. The Bertz CT molecular complexity index is 806. The third-order valence-corrected chi connectivity index (χ3v) is 4.87. The lowest BCUT2D eigenvalue weighted by atomic mass is 9.87. The number of ether oxygens (including phenoxy) is 1. The van der Waals surface area contributed by atoms with Crippen molar-refractivity contribution in [2.45, 2.75) is 32.6 Å². The zero-order valence-electron chi connectivity index (χ0n) is 15.7. The highest BCUT2D eigenvalue weighted by molar-refractivity contribution is 9.10. The number of benzene rings is 2. The van der Waals surface area contributed by atoms with E-state index in [0.717, 1.165) is 10.2 Å². The summed E-state index contributed by atoms with van der Waals surface area (Å²) in [6, 6.07) is 10.8. The lowest BCUT2D eigenvalue weighted by Crippen LogP contribution is -2.30. The molecule has 0 unspecified atom stereocenters. The molecule has 0 heterocycles. The van der Waals surface area contributed by atoms with Crippen LogP contribution in [-0.2, 0) is 5.41 Å². The quantitative estimate of drug-likeness (QED) is 0.394. The van der Waals surface area contributed by atoms with Crippen LogP contribution in [0.5, 0.6) is 5.75 Å². The molecule has 2 aromatic rings. The number of amides is 2. The standard InChI is InChI=1S/C20H25BrClN3O2/c1-20(2,3)13-5-8-18(15(21)11-13)27-10-4-9-24-19(26)25-14-6-7-17(23)16(22)12-14/h5-8,11-12H,4,9-10,23H2,1-3H3,(H2,24,25,26). The number of halogens is 2. The van der Waals surface area contributed by atoms with Crippen molar-refractivity contribution in [2.75, 3.05) is 24.2 Å². The Morgan fingerprint density at radius 1 is 1.22 bits per heavy atom. The summed E-state index contributed by atoms with van der Waals surface area (Å²) >= 11 is 9.49. The summed E-state index contributed by atoms with van der Waals surface area (Å²) in [5.41, 5.74) is 8.03. The topological polar surface area (TPSA) is 76.4 Å². The van der Waals surface area contributed by atoms with E-state index in [2.05, 4.69) is 59.5 Å². The summed E-state index contributed by atoms with van der Waals surface area (Å²) in [6.07, 6.45) is 0.684. The van der Waals surface area contributed by atoms with E-state index >= 15 is 0 Å². The molecule has 4 N–H and O–H groups in total. The molecule has 0 aliphatic heterocycles. The highest BCUT2D eigenvalue weighted by Crippen LogP contribution is 2.31. The highest BCUT2D eigenvalue weighted by Gasteiger charge is 2.15. The first kappa shape index (κ1) is 21.4. The van der Waals surface area contributed by atoms with Crippen LogP contribution in [0.15, 0.2) is 40.9 Å². The average molecular weight is 455 g/mol. The number of anilines is 2. The number of hydrogen-bond donors (Lipinski definition) is 3. The van der Waals surface area contributed by atoms with Gasteiger partial charge in [0.05, 0.1) is 21.8 Å². The van der Waals surface area contributed by atoms with Crippen LogP contribution in [0.3, 0.4) is 0 Å². The van der Waals surface area contributed by atoms with Crippen molar-refractivity contribution in [3.8, 4) is 5.75 Å². The van der Waals surface area contributed by atoms with E-state index in [4.69, 9.17) is 22.1 Å². The molecular formula is C20H25BrClN3O2.